The molecule has 16 heavy (non-hydrogen) atoms. The van der Waals surface area contributed by atoms with Gasteiger partial charge in [-0.05, 0) is 42.6 Å². The lowest BCUT2D eigenvalue weighted by atomic mass is 10.1. The topological polar surface area (TPSA) is 59.3 Å². The molecule has 1 aromatic heterocycles. The third-order valence-electron chi connectivity index (χ3n) is 2.64. The molecule has 0 spiro atoms. The van der Waals surface area contributed by atoms with Gasteiger partial charge in [-0.1, -0.05) is 6.07 Å². The van der Waals surface area contributed by atoms with Crippen LogP contribution >= 0.6 is 11.5 Å². The van der Waals surface area contributed by atoms with E-state index in [2.05, 4.69) is 0 Å². The van der Waals surface area contributed by atoms with E-state index in [9.17, 15) is 9.59 Å². The van der Waals surface area contributed by atoms with Gasteiger partial charge in [-0.25, -0.2) is 0 Å². The van der Waals surface area contributed by atoms with E-state index < -0.39 is 5.97 Å². The van der Waals surface area contributed by atoms with Crippen molar-refractivity contribution in [2.75, 3.05) is 0 Å². The Morgan fingerprint density at radius 2 is 2.12 bits per heavy atom. The molecule has 0 bridgehead atoms. The molecule has 5 heteroatoms. The summed E-state index contributed by atoms with van der Waals surface area (Å²) >= 11 is 0.959. The summed E-state index contributed by atoms with van der Waals surface area (Å²) in [5.74, 6) is -0.936. The van der Waals surface area contributed by atoms with Crippen LogP contribution < -0.4 is 4.74 Å². The van der Waals surface area contributed by atoms with Crippen molar-refractivity contribution in [2.45, 2.75) is 20.4 Å². The number of aryl methyl sites for hydroxylation is 2. The Hall–Kier alpha value is -1.62. The Bertz CT molecular complexity index is 624. The first-order valence-electron chi connectivity index (χ1n) is 4.82. The molecule has 2 aromatic rings. The van der Waals surface area contributed by atoms with Crippen LogP contribution in [0.5, 0.6) is 0 Å². The van der Waals surface area contributed by atoms with Crippen molar-refractivity contribution in [3.05, 3.63) is 32.8 Å². The fourth-order valence-corrected chi connectivity index (χ4v) is 2.68. The van der Waals surface area contributed by atoms with E-state index in [0.29, 0.717) is 5.39 Å². The number of hydrogen-bond donors (Lipinski definition) is 1. The first-order valence-corrected chi connectivity index (χ1v) is 5.60. The first kappa shape index (κ1) is 10.9. The van der Waals surface area contributed by atoms with Crippen LogP contribution in [0.25, 0.3) is 10.9 Å². The number of aromatic nitrogens is 1. The molecule has 2 rings (SSSR count). The molecule has 0 atom stereocenters. The van der Waals surface area contributed by atoms with Gasteiger partial charge >= 0.3 is 5.97 Å². The molecule has 1 N–H and O–H groups in total. The fraction of sp³-hybridized carbons (Fsp3) is 0.273. The Kier molecular flexibility index (Phi) is 2.55. The van der Waals surface area contributed by atoms with Gasteiger partial charge in [0.2, 0.25) is 0 Å². The second kappa shape index (κ2) is 3.75. The van der Waals surface area contributed by atoms with Gasteiger partial charge in [0, 0.05) is 0 Å². The van der Waals surface area contributed by atoms with E-state index in [-0.39, 0.29) is 11.3 Å². The molecule has 1 heterocycles. The van der Waals surface area contributed by atoms with E-state index in [1.165, 1.54) is 0 Å². The van der Waals surface area contributed by atoms with E-state index in [4.69, 9.17) is 5.11 Å². The van der Waals surface area contributed by atoms with Gasteiger partial charge in [0.25, 0.3) is 4.74 Å². The Morgan fingerprint density at radius 3 is 2.75 bits per heavy atom. The summed E-state index contributed by atoms with van der Waals surface area (Å²) in [5, 5.41) is 9.39. The maximum atomic E-state index is 11.6. The summed E-state index contributed by atoms with van der Waals surface area (Å²) in [6.07, 6.45) is 0. The lowest BCUT2D eigenvalue weighted by Crippen LogP contribution is -2.06. The van der Waals surface area contributed by atoms with Crippen molar-refractivity contribution in [3.8, 4) is 0 Å². The maximum absolute atomic E-state index is 11.6. The maximum Gasteiger partial charge on any atom is 0.324 e. The predicted octanol–water partition coefficient (Wildman–Crippen LogP) is 1.76. The van der Waals surface area contributed by atoms with Gasteiger partial charge in [0.1, 0.15) is 6.54 Å². The molecule has 0 unspecified atom stereocenters. The SMILES string of the molecule is Cc1ccc2c(=O)sn(CC(=O)O)c2c1C. The third kappa shape index (κ3) is 1.63. The quantitative estimate of drug-likeness (QED) is 0.865. The number of hydrogen-bond acceptors (Lipinski definition) is 3. The van der Waals surface area contributed by atoms with E-state index in [0.717, 1.165) is 28.2 Å². The third-order valence-corrected chi connectivity index (χ3v) is 3.56. The van der Waals surface area contributed by atoms with Gasteiger partial charge in [-0.3, -0.25) is 13.5 Å². The second-order valence-corrected chi connectivity index (χ2v) is 4.71. The zero-order chi connectivity index (χ0) is 11.9. The number of rotatable bonds is 2. The van der Waals surface area contributed by atoms with E-state index in [1.807, 2.05) is 19.9 Å². The molecule has 0 amide bonds. The van der Waals surface area contributed by atoms with Crippen LogP contribution in [0.3, 0.4) is 0 Å². The normalized spacial score (nSPS) is 10.9. The minimum Gasteiger partial charge on any atom is -0.480 e. The van der Waals surface area contributed by atoms with E-state index in [1.54, 1.807) is 10.0 Å². The van der Waals surface area contributed by atoms with Crippen LogP contribution in [-0.4, -0.2) is 15.0 Å². The molecule has 0 aliphatic heterocycles. The molecular weight excluding hydrogens is 226 g/mol. The van der Waals surface area contributed by atoms with Gasteiger partial charge in [-0.2, -0.15) is 0 Å². The highest BCUT2D eigenvalue weighted by atomic mass is 32.1. The molecular formula is C11H11NO3S. The summed E-state index contributed by atoms with van der Waals surface area (Å²) in [4.78, 5) is 22.4. The highest BCUT2D eigenvalue weighted by Gasteiger charge is 2.12. The van der Waals surface area contributed by atoms with Crippen LogP contribution in [0, 0.1) is 13.8 Å². The molecule has 1 aromatic carbocycles. The van der Waals surface area contributed by atoms with Crippen LogP contribution in [0.15, 0.2) is 16.9 Å². The molecule has 0 aliphatic carbocycles. The Labute approximate surface area is 95.9 Å². The largest absolute Gasteiger partial charge is 0.480 e. The van der Waals surface area contributed by atoms with Crippen molar-refractivity contribution < 1.29 is 9.90 Å². The van der Waals surface area contributed by atoms with Crippen LogP contribution in [0.2, 0.25) is 0 Å². The summed E-state index contributed by atoms with van der Waals surface area (Å²) in [7, 11) is 0. The summed E-state index contributed by atoms with van der Waals surface area (Å²) in [6.45, 7) is 3.69. The van der Waals surface area contributed by atoms with Gasteiger partial charge in [0.05, 0.1) is 10.9 Å². The van der Waals surface area contributed by atoms with Crippen molar-refractivity contribution in [1.29, 1.82) is 0 Å². The highest BCUT2D eigenvalue weighted by molar-refractivity contribution is 7.05. The average Bonchev–Trinajstić information content (AvgIpc) is 2.49. The molecule has 0 saturated heterocycles. The van der Waals surface area contributed by atoms with Crippen molar-refractivity contribution in [3.63, 3.8) is 0 Å². The molecule has 0 saturated carbocycles. The molecule has 0 aliphatic rings. The van der Waals surface area contributed by atoms with E-state index >= 15 is 0 Å². The number of carbonyl (C=O) groups is 1. The Morgan fingerprint density at radius 1 is 1.44 bits per heavy atom. The minimum atomic E-state index is -0.936. The number of nitrogens with zero attached hydrogens (tertiary/aromatic N) is 1. The molecule has 0 fully saturated rings. The summed E-state index contributed by atoms with van der Waals surface area (Å²) < 4.78 is 1.46. The molecule has 0 radical (unpaired) electrons. The smallest absolute Gasteiger partial charge is 0.324 e. The number of benzene rings is 1. The van der Waals surface area contributed by atoms with Crippen molar-refractivity contribution in [1.82, 2.24) is 3.96 Å². The highest BCUT2D eigenvalue weighted by Crippen LogP contribution is 2.21. The minimum absolute atomic E-state index is 0.0839. The van der Waals surface area contributed by atoms with Crippen LogP contribution in [-0.2, 0) is 11.3 Å². The lowest BCUT2D eigenvalue weighted by molar-refractivity contribution is -0.137. The van der Waals surface area contributed by atoms with Gasteiger partial charge in [0.15, 0.2) is 0 Å². The fourth-order valence-electron chi connectivity index (χ4n) is 1.72. The standard InChI is InChI=1S/C11H11NO3S/c1-6-3-4-8-10(7(6)2)12(5-9(13)14)16-11(8)15/h3-4H,5H2,1-2H3,(H,13,14). The van der Waals surface area contributed by atoms with Crippen LogP contribution in [0.4, 0.5) is 0 Å². The zero-order valence-corrected chi connectivity index (χ0v) is 9.80. The lowest BCUT2D eigenvalue weighted by Gasteiger charge is -2.05. The monoisotopic (exact) mass is 237 g/mol. The van der Waals surface area contributed by atoms with Gasteiger partial charge in [-0.15, -0.1) is 0 Å². The summed E-state index contributed by atoms with van der Waals surface area (Å²) in [5.41, 5.74) is 2.78. The first-order chi connectivity index (χ1) is 7.50. The average molecular weight is 237 g/mol. The van der Waals surface area contributed by atoms with Crippen molar-refractivity contribution >= 4 is 28.4 Å². The van der Waals surface area contributed by atoms with Gasteiger partial charge < -0.3 is 5.11 Å². The number of fused-ring (bicyclic) bond motifs is 1. The van der Waals surface area contributed by atoms with Crippen LogP contribution in [0.1, 0.15) is 11.1 Å². The zero-order valence-electron chi connectivity index (χ0n) is 8.98. The number of carboxylic acids is 1. The molecule has 4 nitrogen and oxygen atoms in total. The number of aliphatic carboxylic acids is 1. The predicted molar refractivity (Wildman–Crippen MR) is 63.2 cm³/mol. The Balaban J connectivity index is 2.80. The summed E-state index contributed by atoms with van der Waals surface area (Å²) in [6, 6.07) is 3.64. The van der Waals surface area contributed by atoms with Crippen molar-refractivity contribution in [2.24, 2.45) is 0 Å². The molecule has 84 valence electrons. The second-order valence-electron chi connectivity index (χ2n) is 3.71. The number of carboxylic acid groups (broad SMARTS) is 1.